The molecule has 1 aromatic heterocycles. The van der Waals surface area contributed by atoms with E-state index in [0.717, 1.165) is 16.9 Å². The van der Waals surface area contributed by atoms with Gasteiger partial charge in [0.1, 0.15) is 17.4 Å². The molecule has 0 fully saturated rings. The summed E-state index contributed by atoms with van der Waals surface area (Å²) in [7, 11) is 1.59. The van der Waals surface area contributed by atoms with Gasteiger partial charge < -0.3 is 14.6 Å². The first-order chi connectivity index (χ1) is 15.6. The van der Waals surface area contributed by atoms with Crippen LogP contribution >= 0.6 is 11.6 Å². The van der Waals surface area contributed by atoms with E-state index in [-0.39, 0.29) is 11.7 Å². The number of halogens is 2. The minimum Gasteiger partial charge on any atom is -0.497 e. The molecule has 0 saturated carbocycles. The van der Waals surface area contributed by atoms with Crippen LogP contribution in [0.15, 0.2) is 66.7 Å². The first-order valence-corrected chi connectivity index (χ1v) is 10.7. The molecule has 3 aromatic carbocycles. The number of hydrogen-bond donors (Lipinski definition) is 1. The van der Waals surface area contributed by atoms with Crippen molar-refractivity contribution in [2.24, 2.45) is 0 Å². The first-order valence-electron chi connectivity index (χ1n) is 10.4. The number of carbonyl (C=O) groups excluding carboxylic acids is 1. The summed E-state index contributed by atoms with van der Waals surface area (Å²) in [5, 5.41) is 3.32. The molecule has 0 radical (unpaired) electrons. The number of hydrogen-bond acceptors (Lipinski definition) is 3. The zero-order valence-electron chi connectivity index (χ0n) is 17.6. The van der Waals surface area contributed by atoms with E-state index in [4.69, 9.17) is 21.3 Å². The maximum absolute atomic E-state index is 14.4. The van der Waals surface area contributed by atoms with E-state index in [0.29, 0.717) is 47.8 Å². The zero-order chi connectivity index (χ0) is 22.5. The van der Waals surface area contributed by atoms with Crippen LogP contribution in [0.5, 0.6) is 5.75 Å². The number of amides is 1. The van der Waals surface area contributed by atoms with E-state index in [1.807, 2.05) is 28.8 Å². The van der Waals surface area contributed by atoms with Crippen molar-refractivity contribution in [1.29, 1.82) is 0 Å². The van der Waals surface area contributed by atoms with Crippen molar-refractivity contribution in [2.45, 2.75) is 19.4 Å². The molecule has 0 aliphatic heterocycles. The van der Waals surface area contributed by atoms with Gasteiger partial charge in [-0.25, -0.2) is 9.37 Å². The fraction of sp³-hybridized carbons (Fsp3) is 0.200. The van der Waals surface area contributed by atoms with Crippen molar-refractivity contribution in [1.82, 2.24) is 14.9 Å². The number of methoxy groups -OCH3 is 1. The number of imidazole rings is 1. The van der Waals surface area contributed by atoms with E-state index in [9.17, 15) is 9.18 Å². The number of para-hydroxylation sites is 2. The van der Waals surface area contributed by atoms with Crippen LogP contribution < -0.4 is 10.1 Å². The second kappa shape index (κ2) is 9.83. The molecular weight excluding hydrogens is 429 g/mol. The molecule has 4 aromatic rings. The molecule has 5 nitrogen and oxygen atoms in total. The second-order valence-corrected chi connectivity index (χ2v) is 7.80. The maximum Gasteiger partial charge on any atom is 0.251 e. The molecule has 0 aliphatic rings. The van der Waals surface area contributed by atoms with Crippen LogP contribution in [0.1, 0.15) is 28.2 Å². The number of aryl methyl sites for hydroxylation is 1. The zero-order valence-corrected chi connectivity index (χ0v) is 18.4. The lowest BCUT2D eigenvalue weighted by atomic mass is 10.2. The van der Waals surface area contributed by atoms with Crippen LogP contribution in [0, 0.1) is 5.82 Å². The van der Waals surface area contributed by atoms with E-state index in [1.165, 1.54) is 6.07 Å². The monoisotopic (exact) mass is 451 g/mol. The Bertz CT molecular complexity index is 1220. The van der Waals surface area contributed by atoms with Gasteiger partial charge in [-0.2, -0.15) is 0 Å². The topological polar surface area (TPSA) is 56.1 Å². The standard InChI is InChI=1S/C25H23ClFN3O2/c1-32-18-13-11-17(12-14-18)25(31)28-15-5-10-24-29-22-8-2-3-9-23(22)30(24)16-19-20(26)6-4-7-21(19)27/h2-4,6-9,11-14H,5,10,15-16H2,1H3,(H,28,31). The molecule has 164 valence electrons. The van der Waals surface area contributed by atoms with Crippen LogP contribution in [-0.4, -0.2) is 29.1 Å². The highest BCUT2D eigenvalue weighted by molar-refractivity contribution is 6.31. The molecule has 1 amide bonds. The summed E-state index contributed by atoms with van der Waals surface area (Å²) >= 11 is 6.26. The Morgan fingerprint density at radius 1 is 1.09 bits per heavy atom. The second-order valence-electron chi connectivity index (χ2n) is 7.39. The van der Waals surface area contributed by atoms with Gasteiger partial charge in [-0.05, 0) is 55.0 Å². The number of carbonyl (C=O) groups is 1. The summed E-state index contributed by atoms with van der Waals surface area (Å²) in [6, 6.07) is 19.4. The third-order valence-corrected chi connectivity index (χ3v) is 5.68. The largest absolute Gasteiger partial charge is 0.497 e. The quantitative estimate of drug-likeness (QED) is 0.372. The molecule has 0 aliphatic carbocycles. The normalized spacial score (nSPS) is 11.0. The van der Waals surface area contributed by atoms with Gasteiger partial charge in [0, 0.05) is 29.1 Å². The van der Waals surface area contributed by atoms with Crippen LogP contribution in [0.4, 0.5) is 4.39 Å². The third kappa shape index (κ3) is 4.75. The number of fused-ring (bicyclic) bond motifs is 1. The number of nitrogens with zero attached hydrogens (tertiary/aromatic N) is 2. The van der Waals surface area contributed by atoms with E-state index in [2.05, 4.69) is 5.32 Å². The fourth-order valence-corrected chi connectivity index (χ4v) is 3.85. The SMILES string of the molecule is COc1ccc(C(=O)NCCCc2nc3ccccc3n2Cc2c(F)cccc2Cl)cc1. The first kappa shape index (κ1) is 21.8. The number of ether oxygens (including phenoxy) is 1. The third-order valence-electron chi connectivity index (χ3n) is 5.33. The van der Waals surface area contributed by atoms with Crippen LogP contribution in [0.2, 0.25) is 5.02 Å². The van der Waals surface area contributed by atoms with Crippen molar-refractivity contribution in [3.63, 3.8) is 0 Å². The Hall–Kier alpha value is -3.38. The Balaban J connectivity index is 1.46. The summed E-state index contributed by atoms with van der Waals surface area (Å²) in [5.74, 6) is 1.05. The lowest BCUT2D eigenvalue weighted by molar-refractivity contribution is 0.0953. The minimum absolute atomic E-state index is 0.140. The van der Waals surface area contributed by atoms with Crippen LogP contribution in [0.25, 0.3) is 11.0 Å². The van der Waals surface area contributed by atoms with Crippen molar-refractivity contribution < 1.29 is 13.9 Å². The van der Waals surface area contributed by atoms with E-state index < -0.39 is 0 Å². The van der Waals surface area contributed by atoms with Gasteiger partial charge in [-0.1, -0.05) is 29.8 Å². The molecule has 0 bridgehead atoms. The highest BCUT2D eigenvalue weighted by Crippen LogP contribution is 2.24. The van der Waals surface area contributed by atoms with Gasteiger partial charge >= 0.3 is 0 Å². The molecule has 32 heavy (non-hydrogen) atoms. The van der Waals surface area contributed by atoms with Gasteiger partial charge in [0.25, 0.3) is 5.91 Å². The van der Waals surface area contributed by atoms with Gasteiger partial charge in [-0.15, -0.1) is 0 Å². The molecule has 0 saturated heterocycles. The summed E-state index contributed by atoms with van der Waals surface area (Å²) in [6.45, 7) is 0.786. The Morgan fingerprint density at radius 3 is 2.62 bits per heavy atom. The van der Waals surface area contributed by atoms with Gasteiger partial charge in [0.2, 0.25) is 0 Å². The molecule has 1 N–H and O–H groups in total. The summed E-state index contributed by atoms with van der Waals surface area (Å²) in [5.41, 5.74) is 2.78. The lowest BCUT2D eigenvalue weighted by Gasteiger charge is -2.12. The molecule has 0 atom stereocenters. The highest BCUT2D eigenvalue weighted by atomic mass is 35.5. The average molecular weight is 452 g/mol. The smallest absolute Gasteiger partial charge is 0.251 e. The molecule has 1 heterocycles. The van der Waals surface area contributed by atoms with Gasteiger partial charge in [0.05, 0.1) is 24.7 Å². The molecular formula is C25H23ClFN3O2. The lowest BCUT2D eigenvalue weighted by Crippen LogP contribution is -2.25. The Labute approximate surface area is 190 Å². The van der Waals surface area contributed by atoms with Crippen molar-refractivity contribution >= 4 is 28.5 Å². The van der Waals surface area contributed by atoms with Crippen LogP contribution in [-0.2, 0) is 13.0 Å². The number of nitrogens with one attached hydrogen (secondary N) is 1. The summed E-state index contributed by atoms with van der Waals surface area (Å²) in [4.78, 5) is 17.1. The van der Waals surface area contributed by atoms with Gasteiger partial charge in [-0.3, -0.25) is 4.79 Å². The summed E-state index contributed by atoms with van der Waals surface area (Å²) < 4.78 is 21.5. The predicted octanol–water partition coefficient (Wildman–Crippen LogP) is 5.25. The molecule has 7 heteroatoms. The predicted molar refractivity (Wildman–Crippen MR) is 124 cm³/mol. The van der Waals surface area contributed by atoms with E-state index >= 15 is 0 Å². The molecule has 0 spiro atoms. The van der Waals surface area contributed by atoms with Crippen LogP contribution in [0.3, 0.4) is 0 Å². The number of rotatable bonds is 8. The molecule has 4 rings (SSSR count). The summed E-state index contributed by atoms with van der Waals surface area (Å²) in [6.07, 6.45) is 1.32. The number of benzene rings is 3. The van der Waals surface area contributed by atoms with Crippen molar-refractivity contribution in [2.75, 3.05) is 13.7 Å². The van der Waals surface area contributed by atoms with Crippen molar-refractivity contribution in [3.05, 3.63) is 94.5 Å². The Kier molecular flexibility index (Phi) is 6.71. The van der Waals surface area contributed by atoms with Gasteiger partial charge in [0.15, 0.2) is 0 Å². The average Bonchev–Trinajstić information content (AvgIpc) is 3.16. The number of aromatic nitrogens is 2. The van der Waals surface area contributed by atoms with E-state index in [1.54, 1.807) is 43.5 Å². The fourth-order valence-electron chi connectivity index (χ4n) is 3.63. The highest BCUT2D eigenvalue weighted by Gasteiger charge is 2.15. The maximum atomic E-state index is 14.4. The minimum atomic E-state index is -0.340. The van der Waals surface area contributed by atoms with Crippen molar-refractivity contribution in [3.8, 4) is 5.75 Å². The Morgan fingerprint density at radius 2 is 1.88 bits per heavy atom. The molecule has 0 unspecified atom stereocenters.